The van der Waals surface area contributed by atoms with Crippen LogP contribution >= 0.6 is 0 Å². The summed E-state index contributed by atoms with van der Waals surface area (Å²) in [5.74, 6) is 0. The van der Waals surface area contributed by atoms with Crippen LogP contribution in [0, 0.1) is 0 Å². The lowest BCUT2D eigenvalue weighted by Crippen LogP contribution is -2.05. The Kier molecular flexibility index (Phi) is 1.46. The fourth-order valence-corrected chi connectivity index (χ4v) is 0.702. The van der Waals surface area contributed by atoms with Gasteiger partial charge in [0, 0.05) is 26.7 Å². The Hall–Kier alpha value is -0.830. The van der Waals surface area contributed by atoms with E-state index in [-0.39, 0.29) is 0 Å². The van der Waals surface area contributed by atoms with Crippen LogP contribution in [0.4, 0.5) is 0 Å². The van der Waals surface area contributed by atoms with Crippen molar-refractivity contribution < 1.29 is 1.37 Å². The molecule has 0 saturated heterocycles. The van der Waals surface area contributed by atoms with Crippen LogP contribution in [-0.4, -0.2) is 16.1 Å². The highest BCUT2D eigenvalue weighted by Crippen LogP contribution is 1.94. The van der Waals surface area contributed by atoms with Gasteiger partial charge in [-0.3, -0.25) is 0 Å². The van der Waals surface area contributed by atoms with Gasteiger partial charge in [0.2, 0.25) is 0 Å². The number of hydrogen-bond acceptors (Lipinski definition) is 2. The zero-order valence-corrected chi connectivity index (χ0v) is 5.41. The summed E-state index contributed by atoms with van der Waals surface area (Å²) < 4.78 is 8.96. The van der Waals surface area contributed by atoms with E-state index in [0.717, 1.165) is 5.69 Å². The molecule has 3 heteroatoms. The molecule has 0 aliphatic heterocycles. The van der Waals surface area contributed by atoms with Gasteiger partial charge >= 0.3 is 0 Å². The van der Waals surface area contributed by atoms with E-state index in [4.69, 9.17) is 7.10 Å². The van der Waals surface area contributed by atoms with Gasteiger partial charge in [-0.05, 0) is 6.52 Å². The molecular formula is C6H11N3. The fraction of sp³-hybridized carbons (Fsp3) is 0.500. The van der Waals surface area contributed by atoms with Crippen LogP contribution in [0.15, 0.2) is 12.5 Å². The molecule has 3 nitrogen and oxygen atoms in total. The SMILES string of the molecule is [2H][C@@H](N)Cc1cncn1C. The average Bonchev–Trinajstić information content (AvgIpc) is 2.15. The molecule has 0 fully saturated rings. The molecule has 9 heavy (non-hydrogen) atoms. The van der Waals surface area contributed by atoms with E-state index in [1.807, 2.05) is 11.6 Å². The van der Waals surface area contributed by atoms with Crippen molar-refractivity contribution in [3.8, 4) is 0 Å². The normalized spacial score (nSPS) is 15.1. The molecule has 1 rings (SSSR count). The van der Waals surface area contributed by atoms with E-state index in [0.29, 0.717) is 6.42 Å². The largest absolute Gasteiger partial charge is 0.338 e. The van der Waals surface area contributed by atoms with Crippen LogP contribution < -0.4 is 5.73 Å². The first-order valence-corrected chi connectivity index (χ1v) is 2.83. The van der Waals surface area contributed by atoms with E-state index in [2.05, 4.69) is 4.98 Å². The number of rotatable bonds is 2. The lowest BCUT2D eigenvalue weighted by atomic mass is 10.3. The van der Waals surface area contributed by atoms with Crippen LogP contribution in [0.3, 0.4) is 0 Å². The Labute approximate surface area is 55.9 Å². The molecule has 0 bridgehead atoms. The first-order chi connectivity index (χ1) is 4.70. The van der Waals surface area contributed by atoms with E-state index in [9.17, 15) is 0 Å². The van der Waals surface area contributed by atoms with Crippen LogP contribution in [0.5, 0.6) is 0 Å². The first-order valence-electron chi connectivity index (χ1n) is 3.41. The molecule has 1 heterocycles. The standard InChI is InChI=1S/C6H11N3/c1-9-5-8-4-6(9)2-3-7/h4-5H,2-3,7H2,1H3/i3D/t3-/m1/s1. The molecule has 1 aromatic rings. The molecule has 0 amide bonds. The van der Waals surface area contributed by atoms with Crippen molar-refractivity contribution in [2.24, 2.45) is 12.8 Å². The lowest BCUT2D eigenvalue weighted by molar-refractivity contribution is 0.804. The number of imidazole rings is 1. The molecule has 0 unspecified atom stereocenters. The minimum atomic E-state index is -0.532. The second kappa shape index (κ2) is 2.64. The predicted octanol–water partition coefficient (Wildman–Crippen LogP) is -0.0787. The average molecular weight is 126 g/mol. The van der Waals surface area contributed by atoms with Crippen molar-refractivity contribution in [3.63, 3.8) is 0 Å². The highest BCUT2D eigenvalue weighted by Gasteiger charge is 1.93. The van der Waals surface area contributed by atoms with Gasteiger partial charge in [-0.15, -0.1) is 0 Å². The van der Waals surface area contributed by atoms with Crippen LogP contribution in [0.25, 0.3) is 0 Å². The predicted molar refractivity (Wildman–Crippen MR) is 36.0 cm³/mol. The van der Waals surface area contributed by atoms with Gasteiger partial charge in [0.15, 0.2) is 0 Å². The zero-order chi connectivity index (χ0) is 7.56. The molecule has 0 saturated carbocycles. The molecule has 0 aliphatic carbocycles. The minimum Gasteiger partial charge on any atom is -0.338 e. The lowest BCUT2D eigenvalue weighted by Gasteiger charge is -1.96. The molecule has 1 atom stereocenters. The van der Waals surface area contributed by atoms with E-state index >= 15 is 0 Å². The Morgan fingerprint density at radius 2 is 2.78 bits per heavy atom. The van der Waals surface area contributed by atoms with Crippen molar-refractivity contribution in [3.05, 3.63) is 18.2 Å². The van der Waals surface area contributed by atoms with Gasteiger partial charge < -0.3 is 10.3 Å². The number of aryl methyl sites for hydroxylation is 2. The smallest absolute Gasteiger partial charge is 0.0945 e. The maximum Gasteiger partial charge on any atom is 0.0945 e. The van der Waals surface area contributed by atoms with Gasteiger partial charge in [0.1, 0.15) is 0 Å². The highest BCUT2D eigenvalue weighted by atomic mass is 15.0. The third-order valence-corrected chi connectivity index (χ3v) is 1.24. The minimum absolute atomic E-state index is 0.532. The van der Waals surface area contributed by atoms with Crippen molar-refractivity contribution in [1.29, 1.82) is 0 Å². The number of nitrogens with two attached hydrogens (primary N) is 1. The molecule has 0 radical (unpaired) electrons. The summed E-state index contributed by atoms with van der Waals surface area (Å²) in [6.45, 7) is -0.532. The van der Waals surface area contributed by atoms with Crippen molar-refractivity contribution in [2.45, 2.75) is 6.42 Å². The van der Waals surface area contributed by atoms with Gasteiger partial charge in [-0.1, -0.05) is 0 Å². The first kappa shape index (κ1) is 4.99. The van der Waals surface area contributed by atoms with Gasteiger partial charge in [0.05, 0.1) is 6.33 Å². The zero-order valence-electron chi connectivity index (χ0n) is 6.41. The summed E-state index contributed by atoms with van der Waals surface area (Å²) in [5, 5.41) is 0. The van der Waals surface area contributed by atoms with Crippen molar-refractivity contribution >= 4 is 0 Å². The van der Waals surface area contributed by atoms with Crippen molar-refractivity contribution in [1.82, 2.24) is 9.55 Å². The third kappa shape index (κ3) is 1.29. The third-order valence-electron chi connectivity index (χ3n) is 1.24. The maximum absolute atomic E-state index is 7.09. The summed E-state index contributed by atoms with van der Waals surface area (Å²) in [5.41, 5.74) is 6.28. The topological polar surface area (TPSA) is 43.8 Å². The van der Waals surface area contributed by atoms with E-state index in [1.165, 1.54) is 0 Å². The molecule has 0 aliphatic rings. The summed E-state index contributed by atoms with van der Waals surface area (Å²) in [6, 6.07) is 0. The second-order valence-corrected chi connectivity index (χ2v) is 1.94. The van der Waals surface area contributed by atoms with E-state index < -0.39 is 6.52 Å². The van der Waals surface area contributed by atoms with Crippen molar-refractivity contribution in [2.75, 3.05) is 6.52 Å². The Morgan fingerprint density at radius 3 is 3.22 bits per heavy atom. The van der Waals surface area contributed by atoms with Crippen LogP contribution in [0.2, 0.25) is 0 Å². The monoisotopic (exact) mass is 126 g/mol. The summed E-state index contributed by atoms with van der Waals surface area (Å²) in [6.07, 6.45) is 4.00. The molecule has 0 spiro atoms. The molecule has 2 N–H and O–H groups in total. The summed E-state index contributed by atoms with van der Waals surface area (Å²) in [7, 11) is 1.89. The van der Waals surface area contributed by atoms with E-state index in [1.54, 1.807) is 12.5 Å². The highest BCUT2D eigenvalue weighted by molar-refractivity contribution is 4.97. The van der Waals surface area contributed by atoms with Crippen LogP contribution in [0.1, 0.15) is 7.06 Å². The molecular weight excluding hydrogens is 114 g/mol. The summed E-state index contributed by atoms with van der Waals surface area (Å²) >= 11 is 0. The number of nitrogens with zero attached hydrogens (tertiary/aromatic N) is 2. The number of hydrogen-bond donors (Lipinski definition) is 1. The quantitative estimate of drug-likeness (QED) is 0.602. The van der Waals surface area contributed by atoms with Gasteiger partial charge in [-0.2, -0.15) is 0 Å². The Bertz CT molecular complexity index is 207. The molecule has 1 aromatic heterocycles. The van der Waals surface area contributed by atoms with Crippen LogP contribution in [-0.2, 0) is 13.5 Å². The molecule has 0 aromatic carbocycles. The second-order valence-electron chi connectivity index (χ2n) is 1.94. The fourth-order valence-electron chi connectivity index (χ4n) is 0.702. The Morgan fingerprint density at radius 1 is 2.00 bits per heavy atom. The van der Waals surface area contributed by atoms with Gasteiger partial charge in [-0.25, -0.2) is 4.98 Å². The Balaban J connectivity index is 2.65. The summed E-state index contributed by atoms with van der Waals surface area (Å²) in [4.78, 5) is 3.90. The maximum atomic E-state index is 7.09. The molecule has 50 valence electrons. The number of aromatic nitrogens is 2. The van der Waals surface area contributed by atoms with Gasteiger partial charge in [0.25, 0.3) is 0 Å².